The molecule has 0 spiro atoms. The first-order valence-corrected chi connectivity index (χ1v) is 15.2. The van der Waals surface area contributed by atoms with E-state index >= 15 is 0 Å². The molecule has 0 saturated carbocycles. The summed E-state index contributed by atoms with van der Waals surface area (Å²) >= 11 is 0. The van der Waals surface area contributed by atoms with E-state index < -0.39 is 83.1 Å². The third kappa shape index (κ3) is 4.47. The Morgan fingerprint density at radius 1 is 1.09 bits per heavy atom. The summed E-state index contributed by atoms with van der Waals surface area (Å²) in [5, 5.41) is 37.4. The number of aromatic hydroxyl groups is 2. The summed E-state index contributed by atoms with van der Waals surface area (Å²) in [6.07, 6.45) is -4.36. The van der Waals surface area contributed by atoms with E-state index in [1.807, 2.05) is 6.92 Å². The van der Waals surface area contributed by atoms with Crippen LogP contribution in [0.2, 0.25) is 0 Å². The Morgan fingerprint density at radius 2 is 1.85 bits per heavy atom. The highest BCUT2D eigenvalue weighted by molar-refractivity contribution is 6.31. The average molecular weight is 641 g/mol. The second-order valence-corrected chi connectivity index (χ2v) is 12.3. The summed E-state index contributed by atoms with van der Waals surface area (Å²) in [7, 11) is 4.27. The van der Waals surface area contributed by atoms with Crippen molar-refractivity contribution < 1.29 is 58.1 Å². The number of morpholine rings is 1. The summed E-state index contributed by atoms with van der Waals surface area (Å²) in [6.45, 7) is 2.88. The van der Waals surface area contributed by atoms with Crippen molar-refractivity contribution in [3.63, 3.8) is 0 Å². The van der Waals surface area contributed by atoms with Gasteiger partial charge in [-0.25, -0.2) is 0 Å². The normalized spacial score (nSPS) is 33.4. The predicted molar refractivity (Wildman–Crippen MR) is 156 cm³/mol. The molecule has 2 aromatic rings. The molecule has 3 saturated heterocycles. The Kier molecular flexibility index (Phi) is 7.59. The molecule has 14 nitrogen and oxygen atoms in total. The number of phenols is 2. The number of carbonyl (C=O) groups excluding carboxylic acids is 3. The van der Waals surface area contributed by atoms with E-state index in [-0.39, 0.29) is 46.6 Å². The van der Waals surface area contributed by atoms with Gasteiger partial charge in [-0.15, -0.1) is 0 Å². The van der Waals surface area contributed by atoms with Crippen LogP contribution in [0.1, 0.15) is 68.8 Å². The standard InChI is InChI=1S/C32H36N2O12/c1-13-28-16(34-8-9-43-30(42-4)29(34)46-28)10-19(44-13)45-18-12-32(40,31(39)33-2)11-15-21(18)27(38)23-22(25(15)36)24(35)14-6-5-7-17(41-3)20(14)26(23)37/h5-7,13,16,18-19,28-30,36,38,40H,8-12H2,1-4H3,(H,33,39). The maximum Gasteiger partial charge on any atom is 0.252 e. The molecule has 3 heterocycles. The van der Waals surface area contributed by atoms with Gasteiger partial charge in [0.25, 0.3) is 5.91 Å². The van der Waals surface area contributed by atoms with Crippen molar-refractivity contribution in [1.29, 1.82) is 0 Å². The molecule has 1 amide bonds. The number of phenolic OH excluding ortho intramolecular Hbond substituents is 2. The number of amides is 1. The van der Waals surface area contributed by atoms with Crippen LogP contribution in [0.3, 0.4) is 0 Å². The summed E-state index contributed by atoms with van der Waals surface area (Å²) in [4.78, 5) is 42.8. The summed E-state index contributed by atoms with van der Waals surface area (Å²) in [5.74, 6) is -3.24. The van der Waals surface area contributed by atoms with Crippen LogP contribution < -0.4 is 10.1 Å². The number of carbonyl (C=O) groups is 3. The van der Waals surface area contributed by atoms with Gasteiger partial charge in [-0.1, -0.05) is 12.1 Å². The van der Waals surface area contributed by atoms with Gasteiger partial charge in [-0.05, 0) is 13.0 Å². The van der Waals surface area contributed by atoms with Gasteiger partial charge in [0.2, 0.25) is 5.78 Å². The molecule has 3 fully saturated rings. The molecular weight excluding hydrogens is 604 g/mol. The molecule has 2 aliphatic carbocycles. The zero-order valence-electron chi connectivity index (χ0n) is 25.8. The van der Waals surface area contributed by atoms with Crippen LogP contribution in [-0.4, -0.2) is 115 Å². The number of nitrogens with one attached hydrogen (secondary N) is 1. The Morgan fingerprint density at radius 3 is 2.57 bits per heavy atom. The van der Waals surface area contributed by atoms with Crippen LogP contribution in [0.5, 0.6) is 17.2 Å². The number of aliphatic hydroxyl groups is 1. The second-order valence-electron chi connectivity index (χ2n) is 12.3. The number of rotatable bonds is 5. The number of likely N-dealkylation sites (N-methyl/N-ethyl adjacent to an activating group) is 1. The molecule has 0 bridgehead atoms. The largest absolute Gasteiger partial charge is 0.507 e. The van der Waals surface area contributed by atoms with Crippen molar-refractivity contribution in [2.45, 2.75) is 74.9 Å². The van der Waals surface area contributed by atoms with Gasteiger partial charge < -0.3 is 49.1 Å². The van der Waals surface area contributed by atoms with E-state index in [1.165, 1.54) is 32.4 Å². The van der Waals surface area contributed by atoms with Crippen LogP contribution in [0.4, 0.5) is 0 Å². The quantitative estimate of drug-likeness (QED) is 0.289. The van der Waals surface area contributed by atoms with E-state index in [1.54, 1.807) is 7.11 Å². The number of hydrogen-bond donors (Lipinski definition) is 4. The lowest BCUT2D eigenvalue weighted by atomic mass is 9.72. The lowest BCUT2D eigenvalue weighted by molar-refractivity contribution is -0.256. The van der Waals surface area contributed by atoms with Crippen molar-refractivity contribution in [1.82, 2.24) is 10.2 Å². The Bertz CT molecular complexity index is 1630. The van der Waals surface area contributed by atoms with Crippen molar-refractivity contribution in [3.05, 3.63) is 51.6 Å². The lowest BCUT2D eigenvalue weighted by Crippen LogP contribution is -2.55. The Balaban J connectivity index is 1.30. The second kappa shape index (κ2) is 11.3. The van der Waals surface area contributed by atoms with Gasteiger partial charge in [-0.2, -0.15) is 0 Å². The molecule has 3 aliphatic heterocycles. The van der Waals surface area contributed by atoms with E-state index in [4.69, 9.17) is 28.4 Å². The molecule has 2 aromatic carbocycles. The number of benzene rings is 2. The number of nitrogens with zero attached hydrogens (tertiary/aromatic N) is 1. The average Bonchev–Trinajstić information content (AvgIpc) is 3.43. The van der Waals surface area contributed by atoms with Gasteiger partial charge in [-0.3, -0.25) is 19.3 Å². The maximum absolute atomic E-state index is 13.9. The monoisotopic (exact) mass is 640 g/mol. The topological polar surface area (TPSA) is 183 Å². The molecule has 14 heteroatoms. The number of fused-ring (bicyclic) bond motifs is 6. The van der Waals surface area contributed by atoms with E-state index in [0.29, 0.717) is 19.6 Å². The molecule has 0 aromatic heterocycles. The molecule has 8 unspecified atom stereocenters. The third-order valence-electron chi connectivity index (χ3n) is 9.83. The van der Waals surface area contributed by atoms with E-state index in [2.05, 4.69) is 10.2 Å². The number of hydrogen-bond acceptors (Lipinski definition) is 13. The minimum atomic E-state index is -2.09. The van der Waals surface area contributed by atoms with Crippen LogP contribution in [-0.2, 0) is 34.9 Å². The van der Waals surface area contributed by atoms with Gasteiger partial charge >= 0.3 is 0 Å². The van der Waals surface area contributed by atoms with Crippen LogP contribution in [0.15, 0.2) is 18.2 Å². The van der Waals surface area contributed by atoms with Crippen LogP contribution in [0.25, 0.3) is 0 Å². The molecule has 5 aliphatic rings. The first-order chi connectivity index (χ1) is 22.0. The first-order valence-electron chi connectivity index (χ1n) is 15.2. The summed E-state index contributed by atoms with van der Waals surface area (Å²) in [5.41, 5.74) is -3.04. The van der Waals surface area contributed by atoms with Crippen molar-refractivity contribution in [2.24, 2.45) is 0 Å². The SMILES string of the molecule is CNC(=O)C1(O)Cc2c(O)c3c(c(O)c2C(OC2CC4C(OC5C(OC)OCCN45)C(C)O2)C1)C(=O)c1c(OC)cccc1C3=O. The fourth-order valence-corrected chi connectivity index (χ4v) is 7.74. The highest BCUT2D eigenvalue weighted by Crippen LogP contribution is 2.53. The molecule has 0 radical (unpaired) electrons. The van der Waals surface area contributed by atoms with Gasteiger partial charge in [0.1, 0.15) is 29.0 Å². The minimum absolute atomic E-state index is 0.00549. The third-order valence-corrected chi connectivity index (χ3v) is 9.83. The van der Waals surface area contributed by atoms with Gasteiger partial charge in [0.05, 0.1) is 42.6 Å². The Labute approximate surface area is 264 Å². The lowest BCUT2D eigenvalue weighted by Gasteiger charge is -2.43. The number of ketones is 2. The predicted octanol–water partition coefficient (Wildman–Crippen LogP) is 0.896. The zero-order chi connectivity index (χ0) is 32.7. The maximum atomic E-state index is 13.9. The molecule has 4 N–H and O–H groups in total. The summed E-state index contributed by atoms with van der Waals surface area (Å²) in [6, 6.07) is 4.35. The fraction of sp³-hybridized carbons (Fsp3) is 0.531. The highest BCUT2D eigenvalue weighted by Gasteiger charge is 2.55. The summed E-state index contributed by atoms with van der Waals surface area (Å²) < 4.78 is 35.5. The van der Waals surface area contributed by atoms with Gasteiger partial charge in [0.15, 0.2) is 24.6 Å². The fourth-order valence-electron chi connectivity index (χ4n) is 7.74. The highest BCUT2D eigenvalue weighted by atomic mass is 16.7. The van der Waals surface area contributed by atoms with E-state index in [0.717, 1.165) is 0 Å². The molecule has 246 valence electrons. The smallest absolute Gasteiger partial charge is 0.252 e. The molecule has 46 heavy (non-hydrogen) atoms. The molecule has 8 atom stereocenters. The number of methoxy groups -OCH3 is 2. The molecule has 7 rings (SSSR count). The number of ether oxygens (including phenoxy) is 6. The van der Waals surface area contributed by atoms with Crippen molar-refractivity contribution in [2.75, 3.05) is 34.4 Å². The van der Waals surface area contributed by atoms with Crippen molar-refractivity contribution in [3.8, 4) is 17.2 Å². The zero-order valence-corrected chi connectivity index (χ0v) is 25.8. The minimum Gasteiger partial charge on any atom is -0.507 e. The van der Waals surface area contributed by atoms with Crippen LogP contribution >= 0.6 is 0 Å². The van der Waals surface area contributed by atoms with Gasteiger partial charge in [0, 0.05) is 62.7 Å². The van der Waals surface area contributed by atoms with Crippen molar-refractivity contribution >= 4 is 17.5 Å². The molecular formula is C32H36N2O12. The Hall–Kier alpha value is -3.63. The first kappa shape index (κ1) is 31.0. The van der Waals surface area contributed by atoms with E-state index in [9.17, 15) is 29.7 Å². The van der Waals surface area contributed by atoms with Crippen LogP contribution in [0, 0.1) is 0 Å².